The predicted molar refractivity (Wildman–Crippen MR) is 93.1 cm³/mol. The molecule has 0 radical (unpaired) electrons. The van der Waals surface area contributed by atoms with Gasteiger partial charge in [0, 0.05) is 21.0 Å². The molecule has 0 bridgehead atoms. The first kappa shape index (κ1) is 18.4. The molecule has 1 aromatic rings. The van der Waals surface area contributed by atoms with Gasteiger partial charge in [0.1, 0.15) is 0 Å². The number of hydrogen-bond donors (Lipinski definition) is 0. The number of hydrogen-bond acceptors (Lipinski definition) is 4. The van der Waals surface area contributed by atoms with Crippen molar-refractivity contribution in [1.29, 1.82) is 0 Å². The van der Waals surface area contributed by atoms with E-state index < -0.39 is 25.4 Å². The first-order valence-corrected chi connectivity index (χ1v) is 11.5. The molecule has 0 aromatic heterocycles. The summed E-state index contributed by atoms with van der Waals surface area (Å²) >= 11 is 6.54. The van der Waals surface area contributed by atoms with Gasteiger partial charge in [-0.1, -0.05) is 22.9 Å². The second-order valence-corrected chi connectivity index (χ2v) is 11.4. The number of rotatable bonds is 4. The molecule has 0 saturated carbocycles. The molecule has 2 rings (SSSR count). The van der Waals surface area contributed by atoms with Crippen LogP contribution in [-0.4, -0.2) is 44.7 Å². The van der Waals surface area contributed by atoms with E-state index in [0.717, 1.165) is 0 Å². The van der Waals surface area contributed by atoms with Gasteiger partial charge in [0.05, 0.1) is 16.4 Å². The fourth-order valence-electron chi connectivity index (χ4n) is 2.83. The zero-order valence-corrected chi connectivity index (χ0v) is 17.0. The molecule has 22 heavy (non-hydrogen) atoms. The maximum absolute atomic E-state index is 13.0. The number of benzene rings is 1. The van der Waals surface area contributed by atoms with Crippen LogP contribution >= 0.6 is 31.9 Å². The highest BCUT2D eigenvalue weighted by atomic mass is 79.9. The second-order valence-electron chi connectivity index (χ2n) is 5.58. The van der Waals surface area contributed by atoms with Crippen LogP contribution in [0.2, 0.25) is 0 Å². The molecule has 0 spiro atoms. The van der Waals surface area contributed by atoms with Crippen LogP contribution in [0, 0.1) is 0 Å². The lowest BCUT2D eigenvalue weighted by molar-refractivity contribution is 0.243. The summed E-state index contributed by atoms with van der Waals surface area (Å²) in [6, 6.07) is 4.91. The van der Waals surface area contributed by atoms with Crippen LogP contribution in [0.3, 0.4) is 0 Å². The molecule has 5 nitrogen and oxygen atoms in total. The van der Waals surface area contributed by atoms with Crippen LogP contribution in [0.4, 0.5) is 0 Å². The van der Waals surface area contributed by atoms with Crippen LogP contribution in [-0.2, 0) is 19.9 Å². The summed E-state index contributed by atoms with van der Waals surface area (Å²) in [4.78, 5) is 0.134. The zero-order valence-electron chi connectivity index (χ0n) is 12.2. The number of nitrogens with zero attached hydrogens (tertiary/aromatic N) is 1. The van der Waals surface area contributed by atoms with E-state index >= 15 is 0 Å². The van der Waals surface area contributed by atoms with E-state index in [1.807, 2.05) is 0 Å². The Bertz CT molecular complexity index is 792. The van der Waals surface area contributed by atoms with E-state index in [1.165, 1.54) is 10.4 Å². The van der Waals surface area contributed by atoms with Gasteiger partial charge in [-0.3, -0.25) is 0 Å². The Morgan fingerprint density at radius 3 is 2.45 bits per heavy atom. The van der Waals surface area contributed by atoms with Crippen molar-refractivity contribution < 1.29 is 16.8 Å². The molecule has 1 aliphatic rings. The monoisotopic (exact) mass is 473 g/mol. The van der Waals surface area contributed by atoms with Gasteiger partial charge >= 0.3 is 0 Å². The molecule has 9 heteroatoms. The lowest BCUT2D eigenvalue weighted by atomic mass is 10.0. The summed E-state index contributed by atoms with van der Waals surface area (Å²) in [6.07, 6.45) is 0.314. The number of sulfone groups is 1. The molecular weight excluding hydrogens is 458 g/mol. The molecule has 0 unspecified atom stereocenters. The van der Waals surface area contributed by atoms with Gasteiger partial charge in [0.2, 0.25) is 10.0 Å². The molecule has 0 N–H and O–H groups in total. The Kier molecular flexibility index (Phi) is 5.15. The Balaban J connectivity index is 2.53. The van der Waals surface area contributed by atoms with Gasteiger partial charge in [-0.2, -0.15) is 4.31 Å². The van der Waals surface area contributed by atoms with E-state index in [4.69, 9.17) is 0 Å². The third-order valence-corrected chi connectivity index (χ3v) is 9.34. The first-order chi connectivity index (χ1) is 10.0. The third kappa shape index (κ3) is 3.43. The maximum Gasteiger partial charge on any atom is 0.244 e. The van der Waals surface area contributed by atoms with Crippen LogP contribution < -0.4 is 0 Å². The number of halogens is 2. The topological polar surface area (TPSA) is 71.5 Å². The normalized spacial score (nSPS) is 24.8. The van der Waals surface area contributed by atoms with Gasteiger partial charge in [-0.15, -0.1) is 0 Å². The van der Waals surface area contributed by atoms with Crippen molar-refractivity contribution in [2.24, 2.45) is 0 Å². The smallest absolute Gasteiger partial charge is 0.229 e. The third-order valence-electron chi connectivity index (χ3n) is 3.83. The van der Waals surface area contributed by atoms with Gasteiger partial charge in [0.15, 0.2) is 9.84 Å². The largest absolute Gasteiger partial charge is 0.244 e. The average Bonchev–Trinajstić information content (AvgIpc) is 2.67. The minimum atomic E-state index is -3.80. The fourth-order valence-corrected chi connectivity index (χ4v) is 8.33. The molecule has 1 fully saturated rings. The Hall–Kier alpha value is 0.0400. The molecule has 1 saturated heterocycles. The van der Waals surface area contributed by atoms with Crippen LogP contribution in [0.5, 0.6) is 0 Å². The highest BCUT2D eigenvalue weighted by molar-refractivity contribution is 9.11. The van der Waals surface area contributed by atoms with Gasteiger partial charge in [-0.25, -0.2) is 16.8 Å². The van der Waals surface area contributed by atoms with E-state index in [1.54, 1.807) is 26.0 Å². The van der Waals surface area contributed by atoms with Crippen molar-refractivity contribution in [3.05, 3.63) is 27.1 Å². The molecule has 0 aliphatic carbocycles. The SMILES string of the molecule is CCN([C@@]1(C)CCS(=O)(=O)C1)S(=O)(=O)c1cc(Br)ccc1Br. The summed E-state index contributed by atoms with van der Waals surface area (Å²) in [5.74, 6) is -0.117. The van der Waals surface area contributed by atoms with E-state index in [9.17, 15) is 16.8 Å². The first-order valence-electron chi connectivity index (χ1n) is 6.70. The van der Waals surface area contributed by atoms with Gasteiger partial charge < -0.3 is 0 Å². The Morgan fingerprint density at radius 2 is 1.95 bits per heavy atom. The van der Waals surface area contributed by atoms with E-state index in [-0.39, 0.29) is 22.9 Å². The molecule has 1 atom stereocenters. The Morgan fingerprint density at radius 1 is 1.32 bits per heavy atom. The van der Waals surface area contributed by atoms with E-state index in [0.29, 0.717) is 15.4 Å². The zero-order chi connectivity index (χ0) is 16.8. The van der Waals surface area contributed by atoms with Crippen LogP contribution in [0.25, 0.3) is 0 Å². The maximum atomic E-state index is 13.0. The standard InChI is InChI=1S/C13H17Br2NO4S2/c1-3-16(13(2)6-7-21(17,18)9-13)22(19,20)12-8-10(14)4-5-11(12)15/h4-5,8H,3,6-7,9H2,1-2H3/t13-/m0/s1. The Labute approximate surface area is 148 Å². The van der Waals surface area contributed by atoms with Crippen molar-refractivity contribution >= 4 is 51.7 Å². The second kappa shape index (κ2) is 6.16. The van der Waals surface area contributed by atoms with Gasteiger partial charge in [0.25, 0.3) is 0 Å². The molecule has 1 aromatic carbocycles. The van der Waals surface area contributed by atoms with Gasteiger partial charge in [-0.05, 0) is 47.5 Å². The average molecular weight is 475 g/mol. The summed E-state index contributed by atoms with van der Waals surface area (Å²) < 4.78 is 52.1. The van der Waals surface area contributed by atoms with Crippen molar-refractivity contribution in [2.45, 2.75) is 30.7 Å². The molecular formula is C13H17Br2NO4S2. The van der Waals surface area contributed by atoms with Crippen LogP contribution in [0.1, 0.15) is 20.3 Å². The van der Waals surface area contributed by atoms with E-state index in [2.05, 4.69) is 31.9 Å². The quantitative estimate of drug-likeness (QED) is 0.672. The molecule has 0 amide bonds. The minimum Gasteiger partial charge on any atom is -0.229 e. The molecule has 1 heterocycles. The lowest BCUT2D eigenvalue weighted by Crippen LogP contribution is -2.50. The molecule has 124 valence electrons. The predicted octanol–water partition coefficient (Wildman–Crippen LogP) is 2.80. The van der Waals surface area contributed by atoms with Crippen molar-refractivity contribution in [2.75, 3.05) is 18.1 Å². The fraction of sp³-hybridized carbons (Fsp3) is 0.538. The lowest BCUT2D eigenvalue weighted by Gasteiger charge is -2.35. The van der Waals surface area contributed by atoms with Crippen molar-refractivity contribution in [1.82, 2.24) is 4.31 Å². The van der Waals surface area contributed by atoms with Crippen LogP contribution in [0.15, 0.2) is 32.0 Å². The number of sulfonamides is 1. The minimum absolute atomic E-state index is 0.0230. The highest BCUT2D eigenvalue weighted by Crippen LogP contribution is 2.36. The highest BCUT2D eigenvalue weighted by Gasteiger charge is 2.47. The molecule has 1 aliphatic heterocycles. The van der Waals surface area contributed by atoms with Crippen molar-refractivity contribution in [3.63, 3.8) is 0 Å². The summed E-state index contributed by atoms with van der Waals surface area (Å²) in [5, 5.41) is 0. The summed E-state index contributed by atoms with van der Waals surface area (Å²) in [5.41, 5.74) is -0.909. The van der Waals surface area contributed by atoms with Crippen molar-refractivity contribution in [3.8, 4) is 0 Å². The summed E-state index contributed by atoms with van der Waals surface area (Å²) in [7, 11) is -7.00. The summed E-state index contributed by atoms with van der Waals surface area (Å²) in [6.45, 7) is 3.64.